The Labute approximate surface area is 151 Å². The Morgan fingerprint density at radius 3 is 1.44 bits per heavy atom. The molecular formula is C24H23P. The third-order valence-corrected chi connectivity index (χ3v) is 8.56. The summed E-state index contributed by atoms with van der Waals surface area (Å²) >= 11 is 0. The van der Waals surface area contributed by atoms with Gasteiger partial charge in [-0.05, 0) is 35.6 Å². The molecule has 0 aliphatic heterocycles. The molecule has 0 nitrogen and oxygen atoms in total. The van der Waals surface area contributed by atoms with E-state index in [1.807, 2.05) is 0 Å². The molecule has 0 fully saturated rings. The lowest BCUT2D eigenvalue weighted by Gasteiger charge is -2.29. The fourth-order valence-electron chi connectivity index (χ4n) is 3.24. The van der Waals surface area contributed by atoms with E-state index in [4.69, 9.17) is 6.42 Å². The Hall–Kier alpha value is -2.48. The van der Waals surface area contributed by atoms with Gasteiger partial charge in [-0.15, -0.1) is 12.3 Å². The molecule has 0 bridgehead atoms. The molecule has 0 unspecified atom stereocenters. The number of hydrogen-bond acceptors (Lipinski definition) is 0. The topological polar surface area (TPSA) is 0 Å². The smallest absolute Gasteiger partial charge is 0.00890 e. The highest BCUT2D eigenvalue weighted by Gasteiger charge is 2.23. The van der Waals surface area contributed by atoms with Gasteiger partial charge in [0, 0.05) is 6.42 Å². The molecule has 0 spiro atoms. The quantitative estimate of drug-likeness (QED) is 0.349. The summed E-state index contributed by atoms with van der Waals surface area (Å²) in [6.45, 7) is -1.79. The first-order chi connectivity index (χ1) is 12.4. The highest BCUT2D eigenvalue weighted by Crippen LogP contribution is 2.43. The molecule has 0 N–H and O–H groups in total. The highest BCUT2D eigenvalue weighted by atomic mass is 31.2. The van der Waals surface area contributed by atoms with Crippen molar-refractivity contribution in [2.45, 2.75) is 19.3 Å². The Balaban J connectivity index is 2.26. The second-order valence-corrected chi connectivity index (χ2v) is 9.37. The summed E-state index contributed by atoms with van der Waals surface area (Å²) in [6.07, 6.45) is 8.34. The van der Waals surface area contributed by atoms with Gasteiger partial charge in [0.05, 0.1) is 0 Å². The summed E-state index contributed by atoms with van der Waals surface area (Å²) in [5.74, 6) is 5.31. The van der Waals surface area contributed by atoms with E-state index in [1.165, 1.54) is 15.9 Å². The van der Waals surface area contributed by atoms with Crippen LogP contribution in [0.25, 0.3) is 0 Å². The molecule has 3 rings (SSSR count). The molecular weight excluding hydrogens is 319 g/mol. The van der Waals surface area contributed by atoms with Crippen LogP contribution in [0.2, 0.25) is 0 Å². The SMILES string of the molecule is C#CCCCC=P(c1ccccc1)(c1ccccc1)c1ccccc1. The predicted octanol–water partition coefficient (Wildman–Crippen LogP) is 4.59. The Kier molecular flexibility index (Phi) is 5.95. The minimum absolute atomic E-state index is 0.828. The average Bonchev–Trinajstić information content (AvgIpc) is 2.70. The molecule has 1 heteroatoms. The second kappa shape index (κ2) is 8.57. The van der Waals surface area contributed by atoms with Gasteiger partial charge < -0.3 is 0 Å². The summed E-state index contributed by atoms with van der Waals surface area (Å²) in [4.78, 5) is 0. The third kappa shape index (κ3) is 3.79. The molecule has 0 heterocycles. The number of rotatable bonds is 6. The number of hydrogen-bond donors (Lipinski definition) is 0. The zero-order chi connectivity index (χ0) is 17.4. The van der Waals surface area contributed by atoms with E-state index in [-0.39, 0.29) is 0 Å². The van der Waals surface area contributed by atoms with Gasteiger partial charge in [-0.3, -0.25) is 0 Å². The van der Waals surface area contributed by atoms with Crippen molar-refractivity contribution in [2.24, 2.45) is 0 Å². The van der Waals surface area contributed by atoms with Crippen molar-refractivity contribution in [1.82, 2.24) is 0 Å². The van der Waals surface area contributed by atoms with E-state index in [0.717, 1.165) is 19.3 Å². The van der Waals surface area contributed by atoms with Crippen molar-refractivity contribution in [1.29, 1.82) is 0 Å². The maximum atomic E-state index is 5.46. The zero-order valence-electron chi connectivity index (χ0n) is 14.4. The summed E-state index contributed by atoms with van der Waals surface area (Å²) in [5, 5.41) is 4.19. The number of unbranched alkanes of at least 4 members (excludes halogenated alkanes) is 2. The van der Waals surface area contributed by atoms with Gasteiger partial charge in [0.15, 0.2) is 0 Å². The van der Waals surface area contributed by atoms with Crippen LogP contribution < -0.4 is 15.9 Å². The van der Waals surface area contributed by atoms with Crippen molar-refractivity contribution in [3.63, 3.8) is 0 Å². The molecule has 0 aliphatic carbocycles. The second-order valence-electron chi connectivity index (χ2n) is 6.01. The van der Waals surface area contributed by atoms with Gasteiger partial charge in [0.25, 0.3) is 0 Å². The van der Waals surface area contributed by atoms with Crippen molar-refractivity contribution < 1.29 is 0 Å². The normalized spacial score (nSPS) is 10.8. The number of terminal acetylenes is 1. The Bertz CT molecular complexity index is 768. The van der Waals surface area contributed by atoms with Gasteiger partial charge in [0.1, 0.15) is 0 Å². The van der Waals surface area contributed by atoms with Crippen LogP contribution >= 0.6 is 6.89 Å². The van der Waals surface area contributed by atoms with Gasteiger partial charge in [-0.25, -0.2) is 0 Å². The van der Waals surface area contributed by atoms with Crippen molar-refractivity contribution in [2.75, 3.05) is 0 Å². The zero-order valence-corrected chi connectivity index (χ0v) is 15.3. The first-order valence-corrected chi connectivity index (χ1v) is 10.6. The van der Waals surface area contributed by atoms with Crippen LogP contribution in [0.3, 0.4) is 0 Å². The molecule has 3 aromatic carbocycles. The van der Waals surface area contributed by atoms with E-state index in [2.05, 4.69) is 103 Å². The van der Waals surface area contributed by atoms with Gasteiger partial charge in [0.2, 0.25) is 0 Å². The Morgan fingerprint density at radius 2 is 1.08 bits per heavy atom. The van der Waals surface area contributed by atoms with Crippen LogP contribution in [-0.2, 0) is 0 Å². The van der Waals surface area contributed by atoms with Crippen LogP contribution in [0.4, 0.5) is 0 Å². The van der Waals surface area contributed by atoms with Gasteiger partial charge >= 0.3 is 0 Å². The minimum Gasteiger partial charge on any atom is -0.120 e. The molecule has 0 atom stereocenters. The average molecular weight is 342 g/mol. The largest absolute Gasteiger partial charge is 0.120 e. The summed E-state index contributed by atoms with van der Waals surface area (Å²) in [7, 11) is 0. The third-order valence-electron chi connectivity index (χ3n) is 4.42. The van der Waals surface area contributed by atoms with Crippen LogP contribution in [0.15, 0.2) is 91.0 Å². The van der Waals surface area contributed by atoms with E-state index >= 15 is 0 Å². The van der Waals surface area contributed by atoms with Crippen molar-refractivity contribution >= 4 is 28.6 Å². The van der Waals surface area contributed by atoms with Crippen molar-refractivity contribution in [3.8, 4) is 12.3 Å². The summed E-state index contributed by atoms with van der Waals surface area (Å²) < 4.78 is 0. The molecule has 0 aliphatic rings. The maximum absolute atomic E-state index is 5.46. The highest BCUT2D eigenvalue weighted by molar-refractivity contribution is 7.94. The molecule has 124 valence electrons. The minimum atomic E-state index is -1.79. The fourth-order valence-corrected chi connectivity index (χ4v) is 7.27. The van der Waals surface area contributed by atoms with Gasteiger partial charge in [-0.2, -0.15) is 0 Å². The molecule has 0 amide bonds. The van der Waals surface area contributed by atoms with Crippen LogP contribution in [0, 0.1) is 12.3 Å². The molecule has 0 radical (unpaired) electrons. The first kappa shape index (κ1) is 17.3. The van der Waals surface area contributed by atoms with E-state index in [0.29, 0.717) is 0 Å². The van der Waals surface area contributed by atoms with Crippen molar-refractivity contribution in [3.05, 3.63) is 91.0 Å². The molecule has 0 saturated carbocycles. The van der Waals surface area contributed by atoms with Crippen LogP contribution in [-0.4, -0.2) is 5.80 Å². The van der Waals surface area contributed by atoms with Crippen LogP contribution in [0.5, 0.6) is 0 Å². The van der Waals surface area contributed by atoms with E-state index in [9.17, 15) is 0 Å². The van der Waals surface area contributed by atoms with Gasteiger partial charge in [-0.1, -0.05) is 96.8 Å². The number of benzene rings is 3. The summed E-state index contributed by atoms with van der Waals surface area (Å²) in [6, 6.07) is 32.7. The van der Waals surface area contributed by atoms with E-state index < -0.39 is 6.89 Å². The first-order valence-electron chi connectivity index (χ1n) is 8.71. The standard InChI is InChI=1S/C24H23P/c1-2-3-4-14-21-25(22-15-8-5-9-16-22,23-17-10-6-11-18-23)24-19-12-7-13-20-24/h1,5-13,15-21H,3-4,14H2. The lowest BCUT2D eigenvalue weighted by Crippen LogP contribution is -2.26. The molecule has 0 aromatic heterocycles. The van der Waals surface area contributed by atoms with E-state index in [1.54, 1.807) is 0 Å². The predicted molar refractivity (Wildman–Crippen MR) is 114 cm³/mol. The molecule has 3 aromatic rings. The lowest BCUT2D eigenvalue weighted by molar-refractivity contribution is 0.930. The maximum Gasteiger partial charge on any atom is 0.00890 e. The molecule has 0 saturated heterocycles. The Morgan fingerprint density at radius 1 is 0.680 bits per heavy atom. The summed E-state index contributed by atoms with van der Waals surface area (Å²) in [5.41, 5.74) is 0. The lowest BCUT2D eigenvalue weighted by atomic mass is 10.3. The monoisotopic (exact) mass is 342 g/mol. The fraction of sp³-hybridized carbons (Fsp3) is 0.125. The van der Waals surface area contributed by atoms with Crippen LogP contribution in [0.1, 0.15) is 19.3 Å². The molecule has 25 heavy (non-hydrogen) atoms.